The summed E-state index contributed by atoms with van der Waals surface area (Å²) in [5.74, 6) is 1.50. The summed E-state index contributed by atoms with van der Waals surface area (Å²) >= 11 is 1.47. The molecule has 23 heavy (non-hydrogen) atoms. The molecule has 118 valence electrons. The van der Waals surface area contributed by atoms with Gasteiger partial charge in [-0.3, -0.25) is 9.89 Å². The van der Waals surface area contributed by atoms with Gasteiger partial charge in [0.05, 0.1) is 17.8 Å². The SMILES string of the molecule is Cc1[nH]ncc1-c1cc2nc([C@@H]3NC[C@@H]4CC43C)[nH]c(=O)c2s1. The van der Waals surface area contributed by atoms with Crippen molar-refractivity contribution in [1.29, 1.82) is 0 Å². The molecule has 0 aromatic carbocycles. The third-order valence-electron chi connectivity index (χ3n) is 5.46. The highest BCUT2D eigenvalue weighted by Gasteiger charge is 2.60. The number of aromatic amines is 2. The molecule has 2 aliphatic rings. The number of hydrogen-bond acceptors (Lipinski definition) is 5. The maximum atomic E-state index is 12.5. The molecule has 0 amide bonds. The number of piperidine rings is 1. The van der Waals surface area contributed by atoms with Gasteiger partial charge in [-0.25, -0.2) is 4.98 Å². The lowest BCUT2D eigenvalue weighted by atomic mass is 9.99. The fourth-order valence-corrected chi connectivity index (χ4v) is 4.92. The van der Waals surface area contributed by atoms with Gasteiger partial charge in [0.2, 0.25) is 0 Å². The van der Waals surface area contributed by atoms with E-state index in [9.17, 15) is 4.79 Å². The van der Waals surface area contributed by atoms with Crippen LogP contribution in [0.25, 0.3) is 20.7 Å². The predicted octanol–water partition coefficient (Wildman–Crippen LogP) is 2.35. The van der Waals surface area contributed by atoms with Gasteiger partial charge in [0.1, 0.15) is 10.5 Å². The molecule has 7 heteroatoms. The average molecular weight is 327 g/mol. The fraction of sp³-hybridized carbons (Fsp3) is 0.438. The van der Waals surface area contributed by atoms with Gasteiger partial charge in [0.15, 0.2) is 0 Å². The molecule has 3 aromatic rings. The van der Waals surface area contributed by atoms with E-state index in [4.69, 9.17) is 4.98 Å². The van der Waals surface area contributed by atoms with Gasteiger partial charge in [-0.1, -0.05) is 6.92 Å². The fourth-order valence-electron chi connectivity index (χ4n) is 3.86. The number of nitrogens with zero attached hydrogens (tertiary/aromatic N) is 2. The lowest BCUT2D eigenvalue weighted by Gasteiger charge is -2.18. The van der Waals surface area contributed by atoms with E-state index in [1.165, 1.54) is 17.8 Å². The van der Waals surface area contributed by atoms with Crippen molar-refractivity contribution in [2.24, 2.45) is 11.3 Å². The molecule has 4 heterocycles. The third-order valence-corrected chi connectivity index (χ3v) is 6.61. The molecule has 1 aliphatic heterocycles. The smallest absolute Gasteiger partial charge is 0.268 e. The van der Waals surface area contributed by atoms with Crippen molar-refractivity contribution >= 4 is 21.6 Å². The minimum absolute atomic E-state index is 0.0445. The number of thiophene rings is 1. The minimum Gasteiger partial charge on any atom is -0.308 e. The first-order valence-corrected chi connectivity index (χ1v) is 8.65. The normalized spacial score (nSPS) is 29.1. The van der Waals surface area contributed by atoms with Crippen molar-refractivity contribution in [1.82, 2.24) is 25.5 Å². The molecular formula is C16H17N5OS. The largest absolute Gasteiger partial charge is 0.308 e. The molecule has 6 nitrogen and oxygen atoms in total. The molecule has 3 N–H and O–H groups in total. The van der Waals surface area contributed by atoms with Crippen molar-refractivity contribution in [2.45, 2.75) is 26.3 Å². The van der Waals surface area contributed by atoms with Crippen molar-refractivity contribution in [3.05, 3.63) is 34.1 Å². The summed E-state index contributed by atoms with van der Waals surface area (Å²) in [4.78, 5) is 21.3. The van der Waals surface area contributed by atoms with Gasteiger partial charge in [-0.15, -0.1) is 11.3 Å². The molecule has 1 aliphatic carbocycles. The summed E-state index contributed by atoms with van der Waals surface area (Å²) in [6.07, 6.45) is 3.01. The van der Waals surface area contributed by atoms with Crippen LogP contribution in [0.2, 0.25) is 0 Å². The van der Waals surface area contributed by atoms with Crippen LogP contribution < -0.4 is 10.9 Å². The molecule has 3 aromatic heterocycles. The monoisotopic (exact) mass is 327 g/mol. The minimum atomic E-state index is -0.0445. The summed E-state index contributed by atoms with van der Waals surface area (Å²) in [6.45, 7) is 5.28. The van der Waals surface area contributed by atoms with Gasteiger partial charge in [0, 0.05) is 16.1 Å². The first-order chi connectivity index (χ1) is 11.1. The molecular weight excluding hydrogens is 310 g/mol. The van der Waals surface area contributed by atoms with Gasteiger partial charge < -0.3 is 10.3 Å². The van der Waals surface area contributed by atoms with Crippen LogP contribution in [0.1, 0.15) is 30.9 Å². The Morgan fingerprint density at radius 2 is 2.30 bits per heavy atom. The van der Waals surface area contributed by atoms with Crippen molar-refractivity contribution in [3.63, 3.8) is 0 Å². The second-order valence-corrected chi connectivity index (χ2v) is 7.99. The molecule has 5 rings (SSSR count). The van der Waals surface area contributed by atoms with Crippen molar-refractivity contribution < 1.29 is 0 Å². The van der Waals surface area contributed by atoms with Crippen LogP contribution in [0.15, 0.2) is 17.1 Å². The Balaban J connectivity index is 1.65. The van der Waals surface area contributed by atoms with E-state index in [1.54, 1.807) is 6.20 Å². The van der Waals surface area contributed by atoms with Gasteiger partial charge in [-0.05, 0) is 37.3 Å². The Bertz CT molecular complexity index is 984. The highest BCUT2D eigenvalue weighted by atomic mass is 32.1. The highest BCUT2D eigenvalue weighted by Crippen LogP contribution is 2.62. The summed E-state index contributed by atoms with van der Waals surface area (Å²) in [6, 6.07) is 2.15. The van der Waals surface area contributed by atoms with E-state index in [2.05, 4.69) is 27.4 Å². The van der Waals surface area contributed by atoms with E-state index >= 15 is 0 Å². The lowest BCUT2D eigenvalue weighted by Crippen LogP contribution is -2.26. The topological polar surface area (TPSA) is 86.5 Å². The zero-order chi connectivity index (χ0) is 15.8. The number of nitrogens with one attached hydrogen (secondary N) is 3. The van der Waals surface area contributed by atoms with E-state index in [0.29, 0.717) is 4.70 Å². The number of hydrogen-bond donors (Lipinski definition) is 3. The van der Waals surface area contributed by atoms with Crippen molar-refractivity contribution in [3.8, 4) is 10.4 Å². The molecule has 1 saturated carbocycles. The van der Waals surface area contributed by atoms with Gasteiger partial charge >= 0.3 is 0 Å². The maximum Gasteiger partial charge on any atom is 0.268 e. The Morgan fingerprint density at radius 3 is 2.96 bits per heavy atom. The first-order valence-electron chi connectivity index (χ1n) is 7.84. The average Bonchev–Trinajstić information content (AvgIpc) is 2.92. The molecule has 1 unspecified atom stereocenters. The molecule has 0 radical (unpaired) electrons. The Kier molecular flexibility index (Phi) is 2.51. The van der Waals surface area contributed by atoms with Crippen LogP contribution in [0.3, 0.4) is 0 Å². The number of rotatable bonds is 2. The second-order valence-electron chi connectivity index (χ2n) is 6.93. The van der Waals surface area contributed by atoms with Crippen LogP contribution in [0.4, 0.5) is 0 Å². The zero-order valence-corrected chi connectivity index (χ0v) is 13.8. The van der Waals surface area contributed by atoms with Gasteiger partial charge in [0.25, 0.3) is 5.56 Å². The third kappa shape index (κ3) is 1.80. The summed E-state index contributed by atoms with van der Waals surface area (Å²) in [5.41, 5.74) is 3.01. The number of H-pyrrole nitrogens is 2. The number of aryl methyl sites for hydroxylation is 1. The second kappa shape index (κ2) is 4.30. The molecule has 3 atom stereocenters. The van der Waals surface area contributed by atoms with E-state index in [0.717, 1.165) is 39.9 Å². The maximum absolute atomic E-state index is 12.5. The van der Waals surface area contributed by atoms with E-state index < -0.39 is 0 Å². The van der Waals surface area contributed by atoms with E-state index in [1.807, 2.05) is 13.0 Å². The van der Waals surface area contributed by atoms with Crippen molar-refractivity contribution in [2.75, 3.05) is 6.54 Å². The Labute approximate surface area is 136 Å². The lowest BCUT2D eigenvalue weighted by molar-refractivity contribution is 0.411. The predicted molar refractivity (Wildman–Crippen MR) is 89.5 cm³/mol. The van der Waals surface area contributed by atoms with Gasteiger partial charge in [-0.2, -0.15) is 5.10 Å². The number of fused-ring (bicyclic) bond motifs is 2. The highest BCUT2D eigenvalue weighted by molar-refractivity contribution is 7.22. The molecule has 0 bridgehead atoms. The Morgan fingerprint density at radius 1 is 1.43 bits per heavy atom. The van der Waals surface area contributed by atoms with Crippen LogP contribution in [0.5, 0.6) is 0 Å². The molecule has 0 spiro atoms. The zero-order valence-electron chi connectivity index (χ0n) is 12.9. The van der Waals surface area contributed by atoms with Crippen LogP contribution >= 0.6 is 11.3 Å². The standard InChI is InChI=1S/C16H17N5OS/c1-7-9(6-18-21-7)11-3-10-12(23-11)15(22)20-14(19-10)13-16(2)4-8(16)5-17-13/h3,6,8,13,17H,4-5H2,1-2H3,(H,18,21)(H,19,20,22)/t8-,13-,16?/m0/s1. The number of aromatic nitrogens is 4. The van der Waals surface area contributed by atoms with Crippen LogP contribution in [0, 0.1) is 18.3 Å². The van der Waals surface area contributed by atoms with Crippen LogP contribution in [-0.2, 0) is 0 Å². The molecule has 2 fully saturated rings. The van der Waals surface area contributed by atoms with E-state index in [-0.39, 0.29) is 17.0 Å². The summed E-state index contributed by atoms with van der Waals surface area (Å²) < 4.78 is 0.680. The first kappa shape index (κ1) is 13.4. The summed E-state index contributed by atoms with van der Waals surface area (Å²) in [5, 5.41) is 10.5. The summed E-state index contributed by atoms with van der Waals surface area (Å²) in [7, 11) is 0. The molecule has 1 saturated heterocycles. The van der Waals surface area contributed by atoms with Crippen LogP contribution in [-0.4, -0.2) is 26.7 Å². The Hall–Kier alpha value is -1.99. The quantitative estimate of drug-likeness (QED) is 0.674.